The topological polar surface area (TPSA) is 88.2 Å². The summed E-state index contributed by atoms with van der Waals surface area (Å²) in [6, 6.07) is 2.14. The van der Waals surface area contributed by atoms with Crippen LogP contribution in [0.4, 0.5) is 4.39 Å². The van der Waals surface area contributed by atoms with Crippen molar-refractivity contribution in [3.63, 3.8) is 0 Å². The van der Waals surface area contributed by atoms with E-state index in [1.165, 1.54) is 18.5 Å². The number of nitrogens with zero attached hydrogens (tertiary/aromatic N) is 2. The summed E-state index contributed by atoms with van der Waals surface area (Å²) in [4.78, 5) is 13.4. The molecule has 0 aromatic heterocycles. The predicted molar refractivity (Wildman–Crippen MR) is 103 cm³/mol. The maximum atomic E-state index is 14.4. The highest BCUT2D eigenvalue weighted by molar-refractivity contribution is 7.89. The standard InChI is InChI=1S/C18H28FN3O5S/c1-13(2)11-20-18(23)12-21-5-7-22(8-6-21)28(24,25)17-10-16(27-4)15(26-3)9-14(17)19/h9-10,13H,5-8,11-12H2,1-4H3,(H,20,23). The summed E-state index contributed by atoms with van der Waals surface area (Å²) in [5.41, 5.74) is 0. The molecule has 8 nitrogen and oxygen atoms in total. The molecule has 2 rings (SSSR count). The molecule has 0 spiro atoms. The second-order valence-electron chi connectivity index (χ2n) is 7.02. The molecule has 1 saturated heterocycles. The van der Waals surface area contributed by atoms with Crippen LogP contribution >= 0.6 is 0 Å². The summed E-state index contributed by atoms with van der Waals surface area (Å²) in [5, 5.41) is 2.84. The number of amides is 1. The van der Waals surface area contributed by atoms with Crippen LogP contribution in [0.15, 0.2) is 17.0 Å². The molecular weight excluding hydrogens is 389 g/mol. The molecule has 0 radical (unpaired) electrons. The summed E-state index contributed by atoms with van der Waals surface area (Å²) in [7, 11) is -1.32. The molecule has 0 saturated carbocycles. The molecule has 0 bridgehead atoms. The Morgan fingerprint density at radius 2 is 1.71 bits per heavy atom. The summed E-state index contributed by atoms with van der Waals surface area (Å²) in [6.07, 6.45) is 0. The van der Waals surface area contributed by atoms with Crippen molar-refractivity contribution in [1.82, 2.24) is 14.5 Å². The number of nitrogens with one attached hydrogen (secondary N) is 1. The summed E-state index contributed by atoms with van der Waals surface area (Å²) in [5.74, 6) is -0.356. The molecule has 0 atom stereocenters. The Morgan fingerprint density at radius 1 is 1.14 bits per heavy atom. The number of halogens is 1. The van der Waals surface area contributed by atoms with Gasteiger partial charge in [-0.1, -0.05) is 13.8 Å². The minimum atomic E-state index is -4.03. The number of benzene rings is 1. The smallest absolute Gasteiger partial charge is 0.246 e. The van der Waals surface area contributed by atoms with Crippen LogP contribution in [-0.2, 0) is 14.8 Å². The van der Waals surface area contributed by atoms with Crippen molar-refractivity contribution < 1.29 is 27.1 Å². The fourth-order valence-corrected chi connectivity index (χ4v) is 4.36. The van der Waals surface area contributed by atoms with Crippen molar-refractivity contribution in [1.29, 1.82) is 0 Å². The normalized spacial score (nSPS) is 16.2. The first-order valence-corrected chi connectivity index (χ1v) is 10.5. The molecule has 1 aliphatic heterocycles. The summed E-state index contributed by atoms with van der Waals surface area (Å²) < 4.78 is 51.5. The van der Waals surface area contributed by atoms with Crippen molar-refractivity contribution in [2.24, 2.45) is 5.92 Å². The highest BCUT2D eigenvalue weighted by Crippen LogP contribution is 2.33. The molecule has 0 unspecified atom stereocenters. The third kappa shape index (κ3) is 5.33. The van der Waals surface area contributed by atoms with E-state index in [9.17, 15) is 17.6 Å². The minimum Gasteiger partial charge on any atom is -0.493 e. The van der Waals surface area contributed by atoms with Crippen molar-refractivity contribution >= 4 is 15.9 Å². The van der Waals surface area contributed by atoms with Crippen molar-refractivity contribution in [3.05, 3.63) is 17.9 Å². The van der Waals surface area contributed by atoms with Crippen LogP contribution in [0.1, 0.15) is 13.8 Å². The molecule has 28 heavy (non-hydrogen) atoms. The van der Waals surface area contributed by atoms with Gasteiger partial charge in [0.25, 0.3) is 0 Å². The van der Waals surface area contributed by atoms with Crippen LogP contribution in [-0.4, -0.2) is 77.0 Å². The number of piperazine rings is 1. The van der Waals surface area contributed by atoms with Crippen LogP contribution in [0.5, 0.6) is 11.5 Å². The maximum Gasteiger partial charge on any atom is 0.246 e. The van der Waals surface area contributed by atoms with Crippen LogP contribution in [0.25, 0.3) is 0 Å². The van der Waals surface area contributed by atoms with E-state index in [0.29, 0.717) is 25.6 Å². The van der Waals surface area contributed by atoms with E-state index < -0.39 is 20.7 Å². The molecule has 158 valence electrons. The zero-order valence-electron chi connectivity index (χ0n) is 16.7. The number of carbonyl (C=O) groups excluding carboxylic acids is 1. The monoisotopic (exact) mass is 417 g/mol. The highest BCUT2D eigenvalue weighted by atomic mass is 32.2. The maximum absolute atomic E-state index is 14.4. The van der Waals surface area contributed by atoms with Crippen LogP contribution < -0.4 is 14.8 Å². The summed E-state index contributed by atoms with van der Waals surface area (Å²) >= 11 is 0. The predicted octanol–water partition coefficient (Wildman–Crippen LogP) is 0.921. The average Bonchev–Trinajstić information content (AvgIpc) is 2.66. The lowest BCUT2D eigenvalue weighted by Crippen LogP contribution is -2.51. The Morgan fingerprint density at radius 3 is 2.25 bits per heavy atom. The van der Waals surface area contributed by atoms with Gasteiger partial charge in [-0.2, -0.15) is 4.31 Å². The molecular formula is C18H28FN3O5S. The number of methoxy groups -OCH3 is 2. The molecule has 1 amide bonds. The lowest BCUT2D eigenvalue weighted by atomic mass is 10.2. The van der Waals surface area contributed by atoms with Gasteiger partial charge < -0.3 is 14.8 Å². The van der Waals surface area contributed by atoms with Crippen LogP contribution in [0.3, 0.4) is 0 Å². The fourth-order valence-electron chi connectivity index (χ4n) is 2.88. The Kier molecular flexibility index (Phi) is 7.62. The van der Waals surface area contributed by atoms with E-state index in [-0.39, 0.29) is 37.0 Å². The second kappa shape index (κ2) is 9.53. The molecule has 10 heteroatoms. The first-order chi connectivity index (χ1) is 13.2. The Labute approximate surface area is 165 Å². The van der Waals surface area contributed by atoms with Gasteiger partial charge in [-0.05, 0) is 5.92 Å². The van der Waals surface area contributed by atoms with Gasteiger partial charge in [0.15, 0.2) is 11.5 Å². The van der Waals surface area contributed by atoms with Crippen LogP contribution in [0, 0.1) is 11.7 Å². The third-order valence-corrected chi connectivity index (χ3v) is 6.38. The first kappa shape index (κ1) is 22.4. The molecule has 1 fully saturated rings. The van der Waals surface area contributed by atoms with Gasteiger partial charge >= 0.3 is 0 Å². The zero-order valence-corrected chi connectivity index (χ0v) is 17.5. The summed E-state index contributed by atoms with van der Waals surface area (Å²) in [6.45, 7) is 5.97. The van der Waals surface area contributed by atoms with Gasteiger partial charge in [0.05, 0.1) is 20.8 Å². The minimum absolute atomic E-state index is 0.0871. The SMILES string of the molecule is COc1cc(F)c(S(=O)(=O)N2CCN(CC(=O)NCC(C)C)CC2)cc1OC. The van der Waals surface area contributed by atoms with Crippen molar-refractivity contribution in [2.45, 2.75) is 18.7 Å². The Bertz CT molecular complexity index is 793. The fraction of sp³-hybridized carbons (Fsp3) is 0.611. The second-order valence-corrected chi connectivity index (χ2v) is 8.92. The number of carbonyl (C=O) groups is 1. The number of hydrogen-bond acceptors (Lipinski definition) is 6. The molecule has 0 aliphatic carbocycles. The Hall–Kier alpha value is -1.91. The lowest BCUT2D eigenvalue weighted by molar-refractivity contribution is -0.122. The van der Waals surface area contributed by atoms with E-state index in [1.54, 1.807) is 0 Å². The Balaban J connectivity index is 2.04. The quantitative estimate of drug-likeness (QED) is 0.677. The molecule has 1 N–H and O–H groups in total. The van der Waals surface area contributed by atoms with E-state index in [4.69, 9.17) is 9.47 Å². The average molecular weight is 418 g/mol. The van der Waals surface area contributed by atoms with Gasteiger partial charge in [0.2, 0.25) is 15.9 Å². The number of hydrogen-bond donors (Lipinski definition) is 1. The number of rotatable bonds is 8. The van der Waals surface area contributed by atoms with E-state index >= 15 is 0 Å². The van der Waals surface area contributed by atoms with Gasteiger partial charge in [-0.25, -0.2) is 12.8 Å². The van der Waals surface area contributed by atoms with Crippen molar-refractivity contribution in [2.75, 3.05) is 53.5 Å². The van der Waals surface area contributed by atoms with Crippen LogP contribution in [0.2, 0.25) is 0 Å². The molecule has 1 aliphatic rings. The van der Waals surface area contributed by atoms with Gasteiger partial charge in [0, 0.05) is 44.9 Å². The van der Waals surface area contributed by atoms with Gasteiger partial charge in [0.1, 0.15) is 10.7 Å². The van der Waals surface area contributed by atoms with Gasteiger partial charge in [-0.15, -0.1) is 0 Å². The molecule has 1 heterocycles. The van der Waals surface area contributed by atoms with Gasteiger partial charge in [-0.3, -0.25) is 9.69 Å². The van der Waals surface area contributed by atoms with Crippen molar-refractivity contribution in [3.8, 4) is 11.5 Å². The largest absolute Gasteiger partial charge is 0.493 e. The lowest BCUT2D eigenvalue weighted by Gasteiger charge is -2.33. The first-order valence-electron chi connectivity index (χ1n) is 9.09. The zero-order chi connectivity index (χ0) is 20.9. The van der Waals surface area contributed by atoms with E-state index in [0.717, 1.165) is 12.1 Å². The number of sulfonamides is 1. The highest BCUT2D eigenvalue weighted by Gasteiger charge is 2.32. The molecule has 1 aromatic carbocycles. The van der Waals surface area contributed by atoms with E-state index in [2.05, 4.69) is 5.32 Å². The third-order valence-electron chi connectivity index (χ3n) is 4.46. The number of ether oxygens (including phenoxy) is 2. The molecule has 1 aromatic rings. The van der Waals surface area contributed by atoms with E-state index in [1.807, 2.05) is 18.7 Å².